The Bertz CT molecular complexity index is 467. The van der Waals surface area contributed by atoms with Crippen molar-refractivity contribution >= 4 is 5.97 Å². The summed E-state index contributed by atoms with van der Waals surface area (Å²) in [6.45, 7) is 6.48. The van der Waals surface area contributed by atoms with Gasteiger partial charge in [-0.3, -0.25) is 4.79 Å². The van der Waals surface area contributed by atoms with Crippen LogP contribution in [0.4, 0.5) is 0 Å². The van der Waals surface area contributed by atoms with E-state index < -0.39 is 17.4 Å². The highest BCUT2D eigenvalue weighted by atomic mass is 16.4. The van der Waals surface area contributed by atoms with Crippen molar-refractivity contribution in [3.63, 3.8) is 0 Å². The summed E-state index contributed by atoms with van der Waals surface area (Å²) in [7, 11) is 0. The van der Waals surface area contributed by atoms with E-state index in [0.717, 1.165) is 12.0 Å². The van der Waals surface area contributed by atoms with Crippen molar-refractivity contribution in [2.24, 2.45) is 11.1 Å². The number of benzene rings is 1. The molecule has 1 fully saturated rings. The Morgan fingerprint density at radius 2 is 1.79 bits per heavy atom. The summed E-state index contributed by atoms with van der Waals surface area (Å²) in [5.74, 6) is -0.758. The van der Waals surface area contributed by atoms with Gasteiger partial charge in [0.05, 0.1) is 5.41 Å². The molecular weight excluding hydrogens is 238 g/mol. The molecule has 0 radical (unpaired) electrons. The summed E-state index contributed by atoms with van der Waals surface area (Å²) in [5, 5.41) is 9.42. The third kappa shape index (κ3) is 2.39. The van der Waals surface area contributed by atoms with Crippen LogP contribution in [0.2, 0.25) is 0 Å². The maximum absolute atomic E-state index is 11.5. The molecule has 0 aliphatic heterocycles. The van der Waals surface area contributed by atoms with Gasteiger partial charge in [-0.25, -0.2) is 0 Å². The fourth-order valence-electron chi connectivity index (χ4n) is 2.73. The Morgan fingerprint density at radius 1 is 1.26 bits per heavy atom. The predicted molar refractivity (Wildman–Crippen MR) is 76.0 cm³/mol. The lowest BCUT2D eigenvalue weighted by molar-refractivity contribution is -0.156. The minimum atomic E-state index is -0.758. The lowest BCUT2D eigenvalue weighted by Gasteiger charge is -2.42. The van der Waals surface area contributed by atoms with Crippen LogP contribution in [0.1, 0.15) is 57.2 Å². The zero-order chi connectivity index (χ0) is 14.3. The number of hydrogen-bond acceptors (Lipinski definition) is 2. The minimum Gasteiger partial charge on any atom is -0.481 e. The largest absolute Gasteiger partial charge is 0.481 e. The van der Waals surface area contributed by atoms with Crippen LogP contribution >= 0.6 is 0 Å². The topological polar surface area (TPSA) is 63.3 Å². The Balaban J connectivity index is 2.25. The van der Waals surface area contributed by atoms with Crippen LogP contribution in [-0.2, 0) is 10.2 Å². The van der Waals surface area contributed by atoms with Gasteiger partial charge in [0.1, 0.15) is 0 Å². The summed E-state index contributed by atoms with van der Waals surface area (Å²) in [4.78, 5) is 11.5. The molecule has 0 aromatic heterocycles. The van der Waals surface area contributed by atoms with E-state index in [1.54, 1.807) is 0 Å². The average molecular weight is 261 g/mol. The first kappa shape index (κ1) is 14.1. The van der Waals surface area contributed by atoms with Crippen molar-refractivity contribution in [2.75, 3.05) is 0 Å². The van der Waals surface area contributed by atoms with Crippen molar-refractivity contribution in [2.45, 2.75) is 51.5 Å². The molecule has 0 heterocycles. The van der Waals surface area contributed by atoms with Crippen molar-refractivity contribution in [1.29, 1.82) is 0 Å². The Labute approximate surface area is 114 Å². The first-order chi connectivity index (χ1) is 8.77. The average Bonchev–Trinajstić information content (AvgIpc) is 2.25. The smallest absolute Gasteiger partial charge is 0.311 e. The number of nitrogens with two attached hydrogens (primary N) is 1. The molecule has 104 valence electrons. The van der Waals surface area contributed by atoms with Crippen LogP contribution in [0.25, 0.3) is 0 Å². The van der Waals surface area contributed by atoms with Gasteiger partial charge in [-0.1, -0.05) is 51.5 Å². The Kier molecular flexibility index (Phi) is 3.43. The van der Waals surface area contributed by atoms with Gasteiger partial charge >= 0.3 is 5.97 Å². The molecule has 0 saturated heterocycles. The maximum atomic E-state index is 11.5. The van der Waals surface area contributed by atoms with Crippen LogP contribution in [-0.4, -0.2) is 11.1 Å². The molecule has 19 heavy (non-hydrogen) atoms. The lowest BCUT2D eigenvalue weighted by atomic mass is 9.62. The highest BCUT2D eigenvalue weighted by molar-refractivity contribution is 5.77. The Hall–Kier alpha value is -1.35. The summed E-state index contributed by atoms with van der Waals surface area (Å²) in [6.07, 6.45) is 2.33. The molecule has 1 aromatic carbocycles. The molecule has 1 aliphatic carbocycles. The number of carbonyl (C=O) groups is 1. The van der Waals surface area contributed by atoms with Crippen molar-refractivity contribution in [3.05, 3.63) is 35.4 Å². The van der Waals surface area contributed by atoms with Gasteiger partial charge in [-0.15, -0.1) is 0 Å². The number of carboxylic acids is 1. The zero-order valence-electron chi connectivity index (χ0n) is 11.9. The summed E-state index contributed by atoms with van der Waals surface area (Å²) < 4.78 is 0. The number of aliphatic carboxylic acids is 1. The van der Waals surface area contributed by atoms with E-state index in [4.69, 9.17) is 5.73 Å². The molecule has 1 aliphatic rings. The van der Waals surface area contributed by atoms with E-state index in [1.807, 2.05) is 12.1 Å². The molecule has 0 amide bonds. The van der Waals surface area contributed by atoms with Gasteiger partial charge in [0.25, 0.3) is 0 Å². The zero-order valence-corrected chi connectivity index (χ0v) is 11.9. The second-order valence-corrected chi connectivity index (χ2v) is 6.66. The summed E-state index contributed by atoms with van der Waals surface area (Å²) >= 11 is 0. The highest BCUT2D eigenvalue weighted by Crippen LogP contribution is 2.49. The normalized spacial score (nSPS) is 19.6. The molecule has 1 unspecified atom stereocenters. The lowest BCUT2D eigenvalue weighted by Crippen LogP contribution is -2.46. The van der Waals surface area contributed by atoms with Crippen molar-refractivity contribution in [1.82, 2.24) is 0 Å². The second-order valence-electron chi connectivity index (χ2n) is 6.66. The standard InChI is InChI=1S/C16H23NO2/c1-15(2,3)12-7-5-11(6-8-12)13(17)16(14(18)19)9-4-10-16/h5-8,13H,4,9-10,17H2,1-3H3,(H,18,19). The molecule has 1 saturated carbocycles. The number of rotatable bonds is 3. The van der Waals surface area contributed by atoms with Crippen LogP contribution in [0.5, 0.6) is 0 Å². The molecule has 0 spiro atoms. The monoisotopic (exact) mass is 261 g/mol. The van der Waals surface area contributed by atoms with Crippen LogP contribution < -0.4 is 5.73 Å². The first-order valence-electron chi connectivity index (χ1n) is 6.87. The van der Waals surface area contributed by atoms with E-state index in [2.05, 4.69) is 32.9 Å². The molecule has 1 aromatic rings. The van der Waals surface area contributed by atoms with Crippen LogP contribution in [0.15, 0.2) is 24.3 Å². The molecule has 1 atom stereocenters. The van der Waals surface area contributed by atoms with E-state index in [-0.39, 0.29) is 5.41 Å². The first-order valence-corrected chi connectivity index (χ1v) is 6.87. The van der Waals surface area contributed by atoms with Gasteiger partial charge in [-0.05, 0) is 29.4 Å². The summed E-state index contributed by atoms with van der Waals surface area (Å²) in [5.41, 5.74) is 7.73. The van der Waals surface area contributed by atoms with Gasteiger partial charge in [-0.2, -0.15) is 0 Å². The van der Waals surface area contributed by atoms with Gasteiger partial charge < -0.3 is 10.8 Å². The second kappa shape index (κ2) is 4.64. The van der Waals surface area contributed by atoms with Crippen LogP contribution in [0, 0.1) is 5.41 Å². The predicted octanol–water partition coefficient (Wildman–Crippen LogP) is 3.24. The van der Waals surface area contributed by atoms with Crippen molar-refractivity contribution in [3.8, 4) is 0 Å². The van der Waals surface area contributed by atoms with E-state index in [9.17, 15) is 9.90 Å². The molecular formula is C16H23NO2. The van der Waals surface area contributed by atoms with E-state index in [0.29, 0.717) is 12.8 Å². The summed E-state index contributed by atoms with van der Waals surface area (Å²) in [6, 6.07) is 7.67. The number of hydrogen-bond donors (Lipinski definition) is 2. The van der Waals surface area contributed by atoms with Gasteiger partial charge in [0.2, 0.25) is 0 Å². The van der Waals surface area contributed by atoms with E-state index >= 15 is 0 Å². The molecule has 3 heteroatoms. The van der Waals surface area contributed by atoms with Crippen molar-refractivity contribution < 1.29 is 9.90 Å². The minimum absolute atomic E-state index is 0.101. The molecule has 0 bridgehead atoms. The third-order valence-corrected chi connectivity index (χ3v) is 4.40. The SMILES string of the molecule is CC(C)(C)c1ccc(C(N)C2(C(=O)O)CCC2)cc1. The van der Waals surface area contributed by atoms with Gasteiger partial charge in [0.15, 0.2) is 0 Å². The molecule has 3 nitrogen and oxygen atoms in total. The maximum Gasteiger partial charge on any atom is 0.311 e. The fourth-order valence-corrected chi connectivity index (χ4v) is 2.73. The number of carboxylic acid groups (broad SMARTS) is 1. The van der Waals surface area contributed by atoms with Crippen LogP contribution in [0.3, 0.4) is 0 Å². The highest BCUT2D eigenvalue weighted by Gasteiger charge is 2.49. The fraction of sp³-hybridized carbons (Fsp3) is 0.562. The quantitative estimate of drug-likeness (QED) is 0.878. The molecule has 3 N–H and O–H groups in total. The molecule has 2 rings (SSSR count). The van der Waals surface area contributed by atoms with E-state index in [1.165, 1.54) is 5.56 Å². The third-order valence-electron chi connectivity index (χ3n) is 4.40. The Morgan fingerprint density at radius 3 is 2.11 bits per heavy atom. The van der Waals surface area contributed by atoms with Gasteiger partial charge in [0, 0.05) is 6.04 Å².